The van der Waals surface area contributed by atoms with E-state index in [4.69, 9.17) is 19.9 Å². The molecule has 0 radical (unpaired) electrons. The zero-order chi connectivity index (χ0) is 32.0. The van der Waals surface area contributed by atoms with Gasteiger partial charge < -0.3 is 40.3 Å². The van der Waals surface area contributed by atoms with Crippen molar-refractivity contribution in [2.45, 2.75) is 45.4 Å². The average molecular weight is 618 g/mol. The number of carbonyl (C=O) groups is 3. The Morgan fingerprint density at radius 2 is 1.96 bits per heavy atom. The van der Waals surface area contributed by atoms with Crippen LogP contribution in [0.5, 0.6) is 5.75 Å². The first-order valence-electron chi connectivity index (χ1n) is 13.9. The maximum atomic E-state index is 14.8. The van der Waals surface area contributed by atoms with Gasteiger partial charge in [0.15, 0.2) is 17.7 Å². The number of amides is 2. The number of aliphatic hydroxyl groups excluding tert-OH is 1. The number of hydrogen-bond donors (Lipinski definition) is 4. The maximum absolute atomic E-state index is 14.8. The molecule has 2 aromatic carbocycles. The summed E-state index contributed by atoms with van der Waals surface area (Å²) in [6, 6.07) is 10.2. The molecule has 0 aliphatic carbocycles. The minimum atomic E-state index is -1.63. The van der Waals surface area contributed by atoms with E-state index in [1.54, 1.807) is 31.2 Å². The fraction of sp³-hybridized carbons (Fsp3) is 0.258. The van der Waals surface area contributed by atoms with Crippen LogP contribution < -0.4 is 26.7 Å². The van der Waals surface area contributed by atoms with E-state index in [2.05, 4.69) is 15.6 Å². The van der Waals surface area contributed by atoms with E-state index in [0.717, 1.165) is 0 Å². The highest BCUT2D eigenvalue weighted by molar-refractivity contribution is 5.94. The van der Waals surface area contributed by atoms with Gasteiger partial charge in [0, 0.05) is 34.8 Å². The lowest BCUT2D eigenvalue weighted by Crippen LogP contribution is -2.32. The van der Waals surface area contributed by atoms with Gasteiger partial charge in [-0.3, -0.25) is 9.59 Å². The summed E-state index contributed by atoms with van der Waals surface area (Å²) >= 11 is 0. The summed E-state index contributed by atoms with van der Waals surface area (Å²) in [6.45, 7) is 1.24. The molecule has 2 aliphatic rings. The Hall–Kier alpha value is -5.34. The normalized spacial score (nSPS) is 15.4. The summed E-state index contributed by atoms with van der Waals surface area (Å²) in [5, 5.41) is 16.3. The highest BCUT2D eigenvalue weighted by atomic mass is 19.1. The second-order valence-electron chi connectivity index (χ2n) is 10.7. The molecule has 4 aromatic rings. The smallest absolute Gasteiger partial charge is 0.407 e. The van der Waals surface area contributed by atoms with E-state index in [1.165, 1.54) is 29.9 Å². The van der Waals surface area contributed by atoms with Crippen molar-refractivity contribution in [1.29, 1.82) is 0 Å². The molecular weight excluding hydrogens is 589 g/mol. The van der Waals surface area contributed by atoms with Gasteiger partial charge in [0.25, 0.3) is 5.56 Å². The molecule has 232 valence electrons. The van der Waals surface area contributed by atoms with E-state index in [-0.39, 0.29) is 54.6 Å². The van der Waals surface area contributed by atoms with Crippen molar-refractivity contribution in [3.8, 4) is 17.1 Å². The number of fused-ring (bicyclic) bond motifs is 5. The van der Waals surface area contributed by atoms with Crippen LogP contribution in [0.4, 0.5) is 14.9 Å². The Bertz CT molecular complexity index is 1940. The number of alkyl carbamates (subject to hydrolysis) is 1. The molecule has 2 atom stereocenters. The fourth-order valence-corrected chi connectivity index (χ4v) is 5.37. The number of esters is 1. The van der Waals surface area contributed by atoms with Crippen molar-refractivity contribution >= 4 is 34.6 Å². The molecule has 2 aromatic heterocycles. The molecule has 0 spiro atoms. The number of ether oxygens (including phenoxy) is 3. The third-order valence-electron chi connectivity index (χ3n) is 7.76. The van der Waals surface area contributed by atoms with Crippen LogP contribution in [0.25, 0.3) is 22.3 Å². The molecule has 2 amide bonds. The van der Waals surface area contributed by atoms with Crippen molar-refractivity contribution < 1.29 is 38.1 Å². The van der Waals surface area contributed by atoms with Gasteiger partial charge in [-0.1, -0.05) is 12.1 Å². The number of aliphatic hydroxyl groups is 1. The second kappa shape index (κ2) is 11.6. The molecule has 13 nitrogen and oxygen atoms in total. The van der Waals surface area contributed by atoms with Crippen LogP contribution in [0, 0.1) is 5.82 Å². The first-order valence-corrected chi connectivity index (χ1v) is 13.9. The Kier molecular flexibility index (Phi) is 7.68. The van der Waals surface area contributed by atoms with Crippen molar-refractivity contribution in [1.82, 2.24) is 14.9 Å². The van der Waals surface area contributed by atoms with E-state index < -0.39 is 35.6 Å². The Morgan fingerprint density at radius 3 is 2.67 bits per heavy atom. The first-order chi connectivity index (χ1) is 21.5. The highest BCUT2D eigenvalue weighted by Crippen LogP contribution is 2.39. The third kappa shape index (κ3) is 5.45. The minimum Gasteiger partial charge on any atom is -0.494 e. The van der Waals surface area contributed by atoms with Gasteiger partial charge in [-0.25, -0.2) is 19.0 Å². The summed E-state index contributed by atoms with van der Waals surface area (Å²) in [7, 11) is 1.33. The van der Waals surface area contributed by atoms with Gasteiger partial charge >= 0.3 is 12.1 Å². The van der Waals surface area contributed by atoms with Gasteiger partial charge in [0.2, 0.25) is 5.91 Å². The summed E-state index contributed by atoms with van der Waals surface area (Å²) in [4.78, 5) is 54.6. The molecule has 0 fully saturated rings. The predicted octanol–water partition coefficient (Wildman–Crippen LogP) is 2.38. The van der Waals surface area contributed by atoms with E-state index in [0.29, 0.717) is 39.2 Å². The first kappa shape index (κ1) is 29.7. The molecule has 0 unspecified atom stereocenters. The molecule has 6 rings (SSSR count). The summed E-state index contributed by atoms with van der Waals surface area (Å²) in [6.07, 6.45) is -2.36. The lowest BCUT2D eigenvalue weighted by molar-refractivity contribution is -0.157. The number of pyridine rings is 2. The Balaban J connectivity index is 1.28. The molecule has 0 saturated carbocycles. The van der Waals surface area contributed by atoms with Gasteiger partial charge in [0.05, 0.1) is 42.2 Å². The van der Waals surface area contributed by atoms with E-state index in [1.807, 2.05) is 0 Å². The molecule has 4 heterocycles. The number of anilines is 1. The van der Waals surface area contributed by atoms with Crippen LogP contribution in [0.1, 0.15) is 40.8 Å². The Labute approximate surface area is 254 Å². The number of nitrogens with one attached hydrogen (secondary N) is 2. The second-order valence-corrected chi connectivity index (χ2v) is 10.7. The maximum Gasteiger partial charge on any atom is 0.407 e. The number of rotatable bonds is 7. The summed E-state index contributed by atoms with van der Waals surface area (Å²) in [5.41, 5.74) is 8.68. The standard InChI is InChI=1S/C31H28FN5O8/c1-14(33)28(39)35-16-5-3-15(4-6-16)12-45-31(42)34-10-19-17-8-25(43-2)22(32)9-23(17)36-26-20(19)11-37-24(26)7-18-21(29(37)40)13-44-30(41)27(18)38/h3-9,14,27,38H,10-13,33H2,1-2H3,(H,34,42)(H,35,39)/t14-,27-/m0/s1. The van der Waals surface area contributed by atoms with Crippen LogP contribution in [-0.4, -0.2) is 45.8 Å². The van der Waals surface area contributed by atoms with Crippen molar-refractivity contribution in [2.24, 2.45) is 5.73 Å². The van der Waals surface area contributed by atoms with Crippen molar-refractivity contribution in [3.63, 3.8) is 0 Å². The van der Waals surface area contributed by atoms with E-state index in [9.17, 15) is 28.7 Å². The fourth-order valence-electron chi connectivity index (χ4n) is 5.37. The molecule has 45 heavy (non-hydrogen) atoms. The average Bonchev–Trinajstić information content (AvgIpc) is 3.39. The molecule has 0 saturated heterocycles. The third-order valence-corrected chi connectivity index (χ3v) is 7.76. The lowest BCUT2D eigenvalue weighted by atomic mass is 9.98. The predicted molar refractivity (Wildman–Crippen MR) is 158 cm³/mol. The number of nitrogens with two attached hydrogens (primary N) is 1. The summed E-state index contributed by atoms with van der Waals surface area (Å²) < 4.78 is 31.7. The SMILES string of the molecule is COc1cc2c(CNC(=O)OCc3ccc(NC(=O)[C@H](C)N)cc3)c3c(nc2cc1F)-c1cc2c(c(=O)n1C3)COC(=O)[C@H]2O. The number of nitrogens with zero attached hydrogens (tertiary/aromatic N) is 2. The minimum absolute atomic E-state index is 0.0319. The lowest BCUT2D eigenvalue weighted by Gasteiger charge is -2.21. The number of aromatic nitrogens is 2. The molecule has 14 heteroatoms. The molecule has 5 N–H and O–H groups in total. The van der Waals surface area contributed by atoms with Crippen LogP contribution in [0.2, 0.25) is 0 Å². The Morgan fingerprint density at radius 1 is 1.20 bits per heavy atom. The monoisotopic (exact) mass is 617 g/mol. The number of carbonyl (C=O) groups excluding carboxylic acids is 3. The molecular formula is C31H28FN5O8. The number of halogens is 1. The van der Waals surface area contributed by atoms with Gasteiger partial charge in [-0.2, -0.15) is 0 Å². The zero-order valence-corrected chi connectivity index (χ0v) is 24.2. The van der Waals surface area contributed by atoms with Crippen LogP contribution in [0.3, 0.4) is 0 Å². The number of cyclic esters (lactones) is 1. The van der Waals surface area contributed by atoms with Crippen LogP contribution >= 0.6 is 0 Å². The van der Waals surface area contributed by atoms with Crippen LogP contribution in [0.15, 0.2) is 47.3 Å². The number of benzene rings is 2. The van der Waals surface area contributed by atoms with Crippen molar-refractivity contribution in [3.05, 3.63) is 86.5 Å². The zero-order valence-electron chi connectivity index (χ0n) is 24.2. The van der Waals surface area contributed by atoms with Crippen LogP contribution in [-0.2, 0) is 45.4 Å². The number of methoxy groups -OCH3 is 1. The van der Waals surface area contributed by atoms with Gasteiger partial charge in [-0.05, 0) is 42.3 Å². The van der Waals surface area contributed by atoms with Gasteiger partial charge in [0.1, 0.15) is 13.2 Å². The largest absolute Gasteiger partial charge is 0.494 e. The highest BCUT2D eigenvalue weighted by Gasteiger charge is 2.35. The van der Waals surface area contributed by atoms with E-state index >= 15 is 0 Å². The van der Waals surface area contributed by atoms with Crippen molar-refractivity contribution in [2.75, 3.05) is 12.4 Å². The number of hydrogen-bond acceptors (Lipinski definition) is 10. The quantitative estimate of drug-likeness (QED) is 0.198. The molecule has 2 aliphatic heterocycles. The molecule has 0 bridgehead atoms. The summed E-state index contributed by atoms with van der Waals surface area (Å²) in [5.74, 6) is -1.88. The topological polar surface area (TPSA) is 184 Å². The van der Waals surface area contributed by atoms with Gasteiger partial charge in [-0.15, -0.1) is 0 Å².